The van der Waals surface area contributed by atoms with Crippen molar-refractivity contribution < 1.29 is 9.59 Å². The van der Waals surface area contributed by atoms with Gasteiger partial charge in [-0.05, 0) is 43.0 Å². The van der Waals surface area contributed by atoms with E-state index >= 15 is 0 Å². The van der Waals surface area contributed by atoms with Gasteiger partial charge in [-0.1, -0.05) is 6.92 Å². The first-order valence-corrected chi connectivity index (χ1v) is 8.77. The van der Waals surface area contributed by atoms with Crippen LogP contribution in [0, 0.1) is 5.92 Å². The fourth-order valence-electron chi connectivity index (χ4n) is 3.03. The third-order valence-electron chi connectivity index (χ3n) is 4.29. The molecular weight excluding hydrogens is 330 g/mol. The van der Waals surface area contributed by atoms with E-state index in [9.17, 15) is 9.59 Å². The SMILES string of the molecule is CC(=O)Nc1ccc(Nc2cnc(C(=O)N3CCCC(C)C3)cn2)cc1. The van der Waals surface area contributed by atoms with E-state index in [1.165, 1.54) is 19.5 Å². The van der Waals surface area contributed by atoms with Crippen molar-refractivity contribution in [2.75, 3.05) is 23.7 Å². The molecule has 0 aliphatic carbocycles. The second-order valence-corrected chi connectivity index (χ2v) is 6.67. The average Bonchev–Trinajstić information content (AvgIpc) is 2.63. The van der Waals surface area contributed by atoms with Gasteiger partial charge in [0.25, 0.3) is 5.91 Å². The van der Waals surface area contributed by atoms with Crippen LogP contribution in [0.4, 0.5) is 17.2 Å². The number of amides is 2. The normalized spacial score (nSPS) is 16.8. The molecule has 3 rings (SSSR count). The van der Waals surface area contributed by atoms with Gasteiger partial charge < -0.3 is 15.5 Å². The monoisotopic (exact) mass is 353 g/mol. The van der Waals surface area contributed by atoms with E-state index in [4.69, 9.17) is 0 Å². The summed E-state index contributed by atoms with van der Waals surface area (Å²) >= 11 is 0. The Labute approximate surface area is 152 Å². The van der Waals surface area contributed by atoms with E-state index in [-0.39, 0.29) is 11.8 Å². The lowest BCUT2D eigenvalue weighted by Gasteiger charge is -2.30. The van der Waals surface area contributed by atoms with Gasteiger partial charge in [-0.3, -0.25) is 9.59 Å². The summed E-state index contributed by atoms with van der Waals surface area (Å²) in [5, 5.41) is 5.84. The molecule has 0 saturated carbocycles. The fourth-order valence-corrected chi connectivity index (χ4v) is 3.03. The Morgan fingerprint density at radius 2 is 1.85 bits per heavy atom. The van der Waals surface area contributed by atoms with Gasteiger partial charge >= 0.3 is 0 Å². The van der Waals surface area contributed by atoms with Crippen LogP contribution in [-0.2, 0) is 4.79 Å². The molecule has 1 fully saturated rings. The number of aromatic nitrogens is 2. The number of nitrogens with zero attached hydrogens (tertiary/aromatic N) is 3. The second kappa shape index (κ2) is 7.95. The number of piperidine rings is 1. The Kier molecular flexibility index (Phi) is 5.46. The van der Waals surface area contributed by atoms with Gasteiger partial charge in [0.15, 0.2) is 0 Å². The molecule has 1 unspecified atom stereocenters. The molecule has 1 aromatic carbocycles. The molecule has 0 spiro atoms. The second-order valence-electron chi connectivity index (χ2n) is 6.67. The van der Waals surface area contributed by atoms with Crippen molar-refractivity contribution in [2.24, 2.45) is 5.92 Å². The highest BCUT2D eigenvalue weighted by Gasteiger charge is 2.23. The van der Waals surface area contributed by atoms with E-state index in [1.54, 1.807) is 18.3 Å². The third kappa shape index (κ3) is 4.56. The number of likely N-dealkylation sites (tertiary alicyclic amines) is 1. The third-order valence-corrected chi connectivity index (χ3v) is 4.29. The molecule has 2 heterocycles. The van der Waals surface area contributed by atoms with Crippen LogP contribution in [-0.4, -0.2) is 39.8 Å². The Balaban J connectivity index is 1.62. The highest BCUT2D eigenvalue weighted by atomic mass is 16.2. The molecule has 0 bridgehead atoms. The summed E-state index contributed by atoms with van der Waals surface area (Å²) < 4.78 is 0. The van der Waals surface area contributed by atoms with Crippen molar-refractivity contribution in [2.45, 2.75) is 26.7 Å². The van der Waals surface area contributed by atoms with Crippen molar-refractivity contribution in [3.05, 3.63) is 42.4 Å². The fraction of sp³-hybridized carbons (Fsp3) is 0.368. The average molecular weight is 353 g/mol. The van der Waals surface area contributed by atoms with Crippen molar-refractivity contribution in [3.63, 3.8) is 0 Å². The first-order chi connectivity index (χ1) is 12.5. The highest BCUT2D eigenvalue weighted by Crippen LogP contribution is 2.19. The molecule has 2 amide bonds. The number of nitrogens with one attached hydrogen (secondary N) is 2. The number of benzene rings is 1. The topological polar surface area (TPSA) is 87.2 Å². The zero-order chi connectivity index (χ0) is 18.5. The minimum absolute atomic E-state index is 0.0599. The van der Waals surface area contributed by atoms with E-state index in [1.807, 2.05) is 17.0 Å². The number of hydrogen-bond acceptors (Lipinski definition) is 5. The Hall–Kier alpha value is -2.96. The number of anilines is 3. The van der Waals surface area contributed by atoms with Crippen LogP contribution in [0.25, 0.3) is 0 Å². The molecule has 2 aromatic rings. The summed E-state index contributed by atoms with van der Waals surface area (Å²) in [7, 11) is 0. The molecule has 1 aliphatic heterocycles. The zero-order valence-electron chi connectivity index (χ0n) is 15.0. The van der Waals surface area contributed by atoms with Crippen LogP contribution >= 0.6 is 0 Å². The van der Waals surface area contributed by atoms with Gasteiger partial charge in [-0.15, -0.1) is 0 Å². The summed E-state index contributed by atoms with van der Waals surface area (Å²) in [5.74, 6) is 0.915. The van der Waals surface area contributed by atoms with Crippen LogP contribution in [0.3, 0.4) is 0 Å². The lowest BCUT2D eigenvalue weighted by atomic mass is 10.0. The summed E-state index contributed by atoms with van der Waals surface area (Å²) in [4.78, 5) is 33.9. The van der Waals surface area contributed by atoms with E-state index in [0.29, 0.717) is 17.4 Å². The Morgan fingerprint density at radius 3 is 2.46 bits per heavy atom. The minimum atomic E-state index is -0.111. The molecule has 1 saturated heterocycles. The smallest absolute Gasteiger partial charge is 0.274 e. The van der Waals surface area contributed by atoms with Crippen molar-refractivity contribution >= 4 is 29.0 Å². The lowest BCUT2D eigenvalue weighted by Crippen LogP contribution is -2.39. The molecule has 1 atom stereocenters. The number of carbonyl (C=O) groups is 2. The molecule has 7 heteroatoms. The predicted octanol–water partition coefficient (Wildman–Crippen LogP) is 3.05. The molecule has 26 heavy (non-hydrogen) atoms. The molecular formula is C19H23N5O2. The molecule has 0 radical (unpaired) electrons. The van der Waals surface area contributed by atoms with Gasteiger partial charge in [-0.25, -0.2) is 9.97 Å². The number of hydrogen-bond donors (Lipinski definition) is 2. The summed E-state index contributed by atoms with van der Waals surface area (Å²) in [5.41, 5.74) is 1.91. The van der Waals surface area contributed by atoms with E-state index < -0.39 is 0 Å². The molecule has 1 aromatic heterocycles. The van der Waals surface area contributed by atoms with Crippen LogP contribution in [0.5, 0.6) is 0 Å². The van der Waals surface area contributed by atoms with Gasteiger partial charge in [0.1, 0.15) is 11.5 Å². The summed E-state index contributed by atoms with van der Waals surface area (Å²) in [6, 6.07) is 7.27. The van der Waals surface area contributed by atoms with Crippen molar-refractivity contribution in [1.82, 2.24) is 14.9 Å². The van der Waals surface area contributed by atoms with Crippen molar-refractivity contribution in [1.29, 1.82) is 0 Å². The van der Waals surface area contributed by atoms with E-state index in [0.717, 1.165) is 30.9 Å². The maximum absolute atomic E-state index is 12.5. The highest BCUT2D eigenvalue weighted by molar-refractivity contribution is 5.92. The Morgan fingerprint density at radius 1 is 1.12 bits per heavy atom. The van der Waals surface area contributed by atoms with Crippen LogP contribution in [0.15, 0.2) is 36.7 Å². The van der Waals surface area contributed by atoms with E-state index in [2.05, 4.69) is 27.5 Å². The van der Waals surface area contributed by atoms with Gasteiger partial charge in [-0.2, -0.15) is 0 Å². The number of rotatable bonds is 4. The zero-order valence-corrected chi connectivity index (χ0v) is 15.0. The molecule has 2 N–H and O–H groups in total. The maximum Gasteiger partial charge on any atom is 0.274 e. The lowest BCUT2D eigenvalue weighted by molar-refractivity contribution is -0.114. The van der Waals surface area contributed by atoms with Crippen LogP contribution in [0.1, 0.15) is 37.2 Å². The van der Waals surface area contributed by atoms with Crippen LogP contribution < -0.4 is 10.6 Å². The maximum atomic E-state index is 12.5. The first-order valence-electron chi connectivity index (χ1n) is 8.77. The van der Waals surface area contributed by atoms with Gasteiger partial charge in [0, 0.05) is 31.4 Å². The van der Waals surface area contributed by atoms with Crippen molar-refractivity contribution in [3.8, 4) is 0 Å². The molecule has 136 valence electrons. The molecule has 7 nitrogen and oxygen atoms in total. The predicted molar refractivity (Wildman–Crippen MR) is 100 cm³/mol. The minimum Gasteiger partial charge on any atom is -0.339 e. The largest absolute Gasteiger partial charge is 0.339 e. The van der Waals surface area contributed by atoms with Crippen LogP contribution in [0.2, 0.25) is 0 Å². The summed E-state index contributed by atoms with van der Waals surface area (Å²) in [6.07, 6.45) is 5.27. The molecule has 1 aliphatic rings. The summed E-state index contributed by atoms with van der Waals surface area (Å²) in [6.45, 7) is 5.19. The van der Waals surface area contributed by atoms with Gasteiger partial charge in [0.2, 0.25) is 5.91 Å². The standard InChI is InChI=1S/C19H23N5O2/c1-13-4-3-9-24(12-13)19(26)17-10-21-18(11-20-17)23-16-7-5-15(6-8-16)22-14(2)25/h5-8,10-11,13H,3-4,9,12H2,1-2H3,(H,21,23)(H,22,25). The quantitative estimate of drug-likeness (QED) is 0.882. The van der Waals surface area contributed by atoms with Gasteiger partial charge in [0.05, 0.1) is 12.4 Å². The Bertz CT molecular complexity index is 774. The number of carbonyl (C=O) groups excluding carboxylic acids is 2. The first kappa shape index (κ1) is 17.8.